The van der Waals surface area contributed by atoms with E-state index in [1.54, 1.807) is 6.92 Å². The van der Waals surface area contributed by atoms with Crippen molar-refractivity contribution in [1.82, 2.24) is 20.2 Å². The summed E-state index contributed by atoms with van der Waals surface area (Å²) >= 11 is 0.951. The molecule has 0 aliphatic heterocycles. The number of aliphatic hydroxyl groups excluding tert-OH is 1. The van der Waals surface area contributed by atoms with Crippen molar-refractivity contribution in [3.63, 3.8) is 0 Å². The van der Waals surface area contributed by atoms with Gasteiger partial charge in [-0.15, -0.1) is 5.10 Å². The Labute approximate surface area is 189 Å². The van der Waals surface area contributed by atoms with Crippen molar-refractivity contribution in [2.45, 2.75) is 45.4 Å². The standard InChI is InChI=1S/C23H26F2N4O2S/c1-3-15-5-4-6-16(7-15)12-26-13-21(30)20(10-17-8-18(24)11-19(25)9-17)27-23(31)22-14(2)28-29-32-22/h4-9,11,20-21,26,30H,3,10,12-13H2,1-2H3,(H,27,31)/t20-,21+/m0/s1. The third kappa shape index (κ3) is 6.62. The molecule has 3 N–H and O–H groups in total. The summed E-state index contributed by atoms with van der Waals surface area (Å²) in [6.45, 7) is 4.47. The number of nitrogens with zero attached hydrogens (tertiary/aromatic N) is 2. The highest BCUT2D eigenvalue weighted by atomic mass is 32.1. The van der Waals surface area contributed by atoms with Gasteiger partial charge in [0.25, 0.3) is 5.91 Å². The third-order valence-electron chi connectivity index (χ3n) is 5.10. The topological polar surface area (TPSA) is 87.1 Å². The van der Waals surface area contributed by atoms with Crippen LogP contribution in [0, 0.1) is 18.6 Å². The van der Waals surface area contributed by atoms with E-state index < -0.39 is 29.7 Å². The summed E-state index contributed by atoms with van der Waals surface area (Å²) in [5, 5.41) is 20.6. The summed E-state index contributed by atoms with van der Waals surface area (Å²) in [6.07, 6.45) is -0.0126. The molecule has 0 bridgehead atoms. The number of aliphatic hydroxyl groups is 1. The summed E-state index contributed by atoms with van der Waals surface area (Å²) in [5.41, 5.74) is 3.11. The highest BCUT2D eigenvalue weighted by molar-refractivity contribution is 7.08. The molecule has 0 spiro atoms. The first-order valence-electron chi connectivity index (χ1n) is 10.4. The minimum atomic E-state index is -0.999. The van der Waals surface area contributed by atoms with Crippen molar-refractivity contribution in [2.75, 3.05) is 6.54 Å². The molecule has 1 aromatic heterocycles. The quantitative estimate of drug-likeness (QED) is 0.433. The van der Waals surface area contributed by atoms with Crippen LogP contribution in [-0.4, -0.2) is 39.3 Å². The number of amides is 1. The van der Waals surface area contributed by atoms with Crippen LogP contribution in [0.25, 0.3) is 0 Å². The minimum Gasteiger partial charge on any atom is -0.390 e. The molecule has 0 saturated carbocycles. The van der Waals surface area contributed by atoms with E-state index >= 15 is 0 Å². The number of carbonyl (C=O) groups excluding carboxylic acids is 1. The van der Waals surface area contributed by atoms with Crippen molar-refractivity contribution in [3.8, 4) is 0 Å². The van der Waals surface area contributed by atoms with Crippen molar-refractivity contribution in [3.05, 3.63) is 81.4 Å². The number of carbonyl (C=O) groups is 1. The molecular formula is C23H26F2N4O2S. The molecule has 1 amide bonds. The molecule has 3 rings (SSSR count). The van der Waals surface area contributed by atoms with E-state index in [-0.39, 0.29) is 13.0 Å². The van der Waals surface area contributed by atoms with E-state index in [0.717, 1.165) is 29.6 Å². The van der Waals surface area contributed by atoms with Crippen molar-refractivity contribution in [2.24, 2.45) is 0 Å². The number of benzene rings is 2. The molecule has 0 fully saturated rings. The molecule has 1 heterocycles. The van der Waals surface area contributed by atoms with Crippen molar-refractivity contribution in [1.29, 1.82) is 0 Å². The number of aryl methyl sites for hydroxylation is 2. The summed E-state index contributed by atoms with van der Waals surface area (Å²) in [4.78, 5) is 13.0. The van der Waals surface area contributed by atoms with Crippen LogP contribution in [0.5, 0.6) is 0 Å². The highest BCUT2D eigenvalue weighted by Gasteiger charge is 2.24. The maximum atomic E-state index is 13.7. The molecule has 0 aliphatic carbocycles. The second kappa shape index (κ2) is 11.2. The van der Waals surface area contributed by atoms with Crippen LogP contribution in [0.3, 0.4) is 0 Å². The summed E-state index contributed by atoms with van der Waals surface area (Å²) in [6, 6.07) is 10.5. The average Bonchev–Trinajstić information content (AvgIpc) is 3.18. The van der Waals surface area contributed by atoms with E-state index in [9.17, 15) is 18.7 Å². The lowest BCUT2D eigenvalue weighted by Gasteiger charge is -2.25. The first kappa shape index (κ1) is 23.9. The van der Waals surface area contributed by atoms with Crippen LogP contribution < -0.4 is 10.6 Å². The average molecular weight is 461 g/mol. The first-order chi connectivity index (χ1) is 15.4. The Morgan fingerprint density at radius 3 is 2.50 bits per heavy atom. The molecule has 2 atom stereocenters. The summed E-state index contributed by atoms with van der Waals surface area (Å²) < 4.78 is 31.1. The minimum absolute atomic E-state index is 0.0554. The molecule has 170 valence electrons. The smallest absolute Gasteiger partial charge is 0.265 e. The highest BCUT2D eigenvalue weighted by Crippen LogP contribution is 2.14. The fourth-order valence-corrected chi connectivity index (χ4v) is 3.97. The zero-order chi connectivity index (χ0) is 23.1. The van der Waals surface area contributed by atoms with E-state index in [2.05, 4.69) is 39.3 Å². The van der Waals surface area contributed by atoms with Gasteiger partial charge < -0.3 is 15.7 Å². The van der Waals surface area contributed by atoms with Gasteiger partial charge in [0.05, 0.1) is 17.8 Å². The van der Waals surface area contributed by atoms with Crippen LogP contribution in [0.1, 0.15) is 39.0 Å². The number of hydrogen-bond donors (Lipinski definition) is 3. The van der Waals surface area contributed by atoms with E-state index in [1.807, 2.05) is 12.1 Å². The number of aromatic nitrogens is 2. The van der Waals surface area contributed by atoms with Crippen LogP contribution >= 0.6 is 11.5 Å². The largest absolute Gasteiger partial charge is 0.390 e. The lowest BCUT2D eigenvalue weighted by atomic mass is 10.00. The zero-order valence-electron chi connectivity index (χ0n) is 17.9. The number of rotatable bonds is 10. The van der Waals surface area contributed by atoms with Crippen molar-refractivity contribution < 1.29 is 18.7 Å². The number of nitrogens with one attached hydrogen (secondary N) is 2. The maximum Gasteiger partial charge on any atom is 0.265 e. The van der Waals surface area contributed by atoms with Crippen LogP contribution in [-0.2, 0) is 19.4 Å². The Balaban J connectivity index is 1.69. The Bertz CT molecular complexity index is 1040. The van der Waals surface area contributed by atoms with Crippen molar-refractivity contribution >= 4 is 17.4 Å². The molecule has 2 aromatic carbocycles. The van der Waals surface area contributed by atoms with Crippen LogP contribution in [0.2, 0.25) is 0 Å². The van der Waals surface area contributed by atoms with E-state index in [0.29, 0.717) is 22.7 Å². The Morgan fingerprint density at radius 2 is 1.84 bits per heavy atom. The maximum absolute atomic E-state index is 13.7. The normalized spacial score (nSPS) is 13.0. The van der Waals surface area contributed by atoms with Gasteiger partial charge in [0.2, 0.25) is 0 Å². The lowest BCUT2D eigenvalue weighted by Crippen LogP contribution is -2.48. The van der Waals surface area contributed by atoms with Gasteiger partial charge in [-0.2, -0.15) is 0 Å². The number of hydrogen-bond acceptors (Lipinski definition) is 6. The van der Waals surface area contributed by atoms with Gasteiger partial charge in [-0.25, -0.2) is 8.78 Å². The van der Waals surface area contributed by atoms with Gasteiger partial charge in [-0.05, 0) is 60.1 Å². The molecule has 9 heteroatoms. The number of halogens is 2. The molecular weight excluding hydrogens is 434 g/mol. The van der Waals surface area contributed by atoms with Crippen LogP contribution in [0.4, 0.5) is 8.78 Å². The fraction of sp³-hybridized carbons (Fsp3) is 0.348. The Hall–Kier alpha value is -2.75. The van der Waals surface area contributed by atoms with E-state index in [1.165, 1.54) is 17.7 Å². The molecule has 6 nitrogen and oxygen atoms in total. The first-order valence-corrected chi connectivity index (χ1v) is 11.1. The van der Waals surface area contributed by atoms with Crippen LogP contribution in [0.15, 0.2) is 42.5 Å². The predicted octanol–water partition coefficient (Wildman–Crippen LogP) is 3.18. The Kier molecular flexibility index (Phi) is 8.38. The predicted molar refractivity (Wildman–Crippen MR) is 119 cm³/mol. The monoisotopic (exact) mass is 460 g/mol. The molecule has 0 radical (unpaired) electrons. The molecule has 3 aromatic rings. The molecule has 0 unspecified atom stereocenters. The summed E-state index contributed by atoms with van der Waals surface area (Å²) in [5.74, 6) is -1.86. The van der Waals surface area contributed by atoms with Gasteiger partial charge >= 0.3 is 0 Å². The van der Waals surface area contributed by atoms with Gasteiger partial charge in [-0.1, -0.05) is 35.7 Å². The van der Waals surface area contributed by atoms with Gasteiger partial charge in [-0.3, -0.25) is 4.79 Å². The Morgan fingerprint density at radius 1 is 1.12 bits per heavy atom. The van der Waals surface area contributed by atoms with Gasteiger partial charge in [0, 0.05) is 19.2 Å². The van der Waals surface area contributed by atoms with Gasteiger partial charge in [0.1, 0.15) is 16.5 Å². The molecule has 0 saturated heterocycles. The second-order valence-corrected chi connectivity index (χ2v) is 8.38. The lowest BCUT2D eigenvalue weighted by molar-refractivity contribution is 0.0833. The third-order valence-corrected chi connectivity index (χ3v) is 5.93. The van der Waals surface area contributed by atoms with E-state index in [4.69, 9.17) is 0 Å². The second-order valence-electron chi connectivity index (χ2n) is 7.62. The molecule has 0 aliphatic rings. The molecule has 32 heavy (non-hydrogen) atoms. The summed E-state index contributed by atoms with van der Waals surface area (Å²) in [7, 11) is 0. The van der Waals surface area contributed by atoms with Gasteiger partial charge in [0.15, 0.2) is 0 Å². The zero-order valence-corrected chi connectivity index (χ0v) is 18.8. The SMILES string of the molecule is CCc1cccc(CNC[C@@H](O)[C@H](Cc2cc(F)cc(F)c2)NC(=O)c2snnc2C)c1. The fourth-order valence-electron chi connectivity index (χ4n) is 3.41.